The largest absolute Gasteiger partial charge is 4.00 e. The molecule has 0 saturated carbocycles. The Hall–Kier alpha value is -3.58. The zero-order valence-corrected chi connectivity index (χ0v) is 20.2. The quantitative estimate of drug-likeness (QED) is 0.184. The number of pyridine rings is 2. The minimum Gasteiger partial charge on any atom is -0.573 e. The first-order valence-corrected chi connectivity index (χ1v) is 8.79. The Kier molecular flexibility index (Phi) is 13.0. The third kappa shape index (κ3) is 9.11. The second-order valence-electron chi connectivity index (χ2n) is 6.10. The molecule has 34 heavy (non-hydrogen) atoms. The maximum Gasteiger partial charge on any atom is 4.00 e. The molecule has 0 atom stereocenters. The van der Waals surface area contributed by atoms with Crippen molar-refractivity contribution in [1.82, 2.24) is 30.4 Å². The second kappa shape index (κ2) is 14.5. The van der Waals surface area contributed by atoms with Crippen LogP contribution in [0, 0.1) is 19.8 Å². The first-order chi connectivity index (χ1) is 15.7. The van der Waals surface area contributed by atoms with E-state index in [2.05, 4.69) is 43.9 Å². The van der Waals surface area contributed by atoms with Crippen LogP contribution in [0.25, 0.3) is 22.8 Å². The minimum absolute atomic E-state index is 0. The van der Waals surface area contributed by atoms with E-state index in [1.54, 1.807) is 18.3 Å². The smallest absolute Gasteiger partial charge is 0.573 e. The Morgan fingerprint density at radius 1 is 0.765 bits per heavy atom. The van der Waals surface area contributed by atoms with E-state index in [0.717, 1.165) is 17.2 Å². The topological polar surface area (TPSA) is 114 Å². The van der Waals surface area contributed by atoms with Gasteiger partial charge in [0.05, 0.1) is 0 Å². The molecule has 4 heterocycles. The van der Waals surface area contributed by atoms with Crippen LogP contribution in [0.4, 0.5) is 17.6 Å². The summed E-state index contributed by atoms with van der Waals surface area (Å²) in [6, 6.07) is 9.28. The number of aryl methyl sites for hydroxylation is 2. The summed E-state index contributed by atoms with van der Waals surface area (Å²) in [6.07, 6.45) is -1.28. The molecule has 0 bridgehead atoms. The molecule has 0 unspecified atom stereocenters. The summed E-state index contributed by atoms with van der Waals surface area (Å²) in [5.74, 6) is -0.571. The molecule has 0 aliphatic heterocycles. The Balaban J connectivity index is 0.000000552. The SMILES string of the molecule is Cc1ccnc(-c2cc(C(F)(F)F)n[n-]2)c1.Cc1ccnc(-c2cc(F)n[n-]2)c1.[CH-]=O.[CH-]=O.[Os+4]. The molecule has 4 aromatic heterocycles. The van der Waals surface area contributed by atoms with Crippen LogP contribution in [0.2, 0.25) is 0 Å². The molecule has 4 rings (SSSR count). The molecule has 0 aliphatic rings. The van der Waals surface area contributed by atoms with Crippen LogP contribution in [0.5, 0.6) is 0 Å². The van der Waals surface area contributed by atoms with Crippen molar-refractivity contribution in [3.63, 3.8) is 0 Å². The van der Waals surface area contributed by atoms with Crippen molar-refractivity contribution >= 4 is 13.6 Å². The van der Waals surface area contributed by atoms with Crippen LogP contribution in [-0.2, 0) is 35.6 Å². The summed E-state index contributed by atoms with van der Waals surface area (Å²) >= 11 is 0. The molecule has 0 aliphatic carbocycles. The molecule has 0 aromatic carbocycles. The van der Waals surface area contributed by atoms with E-state index in [1.165, 1.54) is 12.3 Å². The zero-order valence-electron chi connectivity index (χ0n) is 17.6. The Morgan fingerprint density at radius 2 is 1.21 bits per heavy atom. The molecule has 178 valence electrons. The average molecular weight is 651 g/mol. The van der Waals surface area contributed by atoms with Gasteiger partial charge in [-0.2, -0.15) is 17.6 Å². The fourth-order valence-electron chi connectivity index (χ4n) is 2.31. The van der Waals surface area contributed by atoms with Crippen molar-refractivity contribution in [3.8, 4) is 22.8 Å². The molecule has 8 nitrogen and oxygen atoms in total. The predicted octanol–water partition coefficient (Wildman–Crippen LogP) is 3.43. The number of hydrogen-bond donors (Lipinski definition) is 0. The summed E-state index contributed by atoms with van der Waals surface area (Å²) in [6.45, 7) is 10.3. The van der Waals surface area contributed by atoms with Crippen LogP contribution < -0.4 is 10.2 Å². The van der Waals surface area contributed by atoms with Gasteiger partial charge in [-0.05, 0) is 61.4 Å². The first kappa shape index (κ1) is 30.4. The number of rotatable bonds is 2. The van der Waals surface area contributed by atoms with Gasteiger partial charge in [0, 0.05) is 23.8 Å². The van der Waals surface area contributed by atoms with Gasteiger partial charge in [0.1, 0.15) is 5.69 Å². The van der Waals surface area contributed by atoms with Gasteiger partial charge in [-0.25, -0.2) is 0 Å². The van der Waals surface area contributed by atoms with Gasteiger partial charge in [-0.1, -0.05) is 11.4 Å². The van der Waals surface area contributed by atoms with Gasteiger partial charge >= 0.3 is 26.0 Å². The Bertz CT molecular complexity index is 1150. The molecule has 0 N–H and O–H groups in total. The van der Waals surface area contributed by atoms with Gasteiger partial charge in [-0.3, -0.25) is 23.5 Å². The second-order valence-corrected chi connectivity index (χ2v) is 6.10. The van der Waals surface area contributed by atoms with Crippen molar-refractivity contribution in [1.29, 1.82) is 0 Å². The van der Waals surface area contributed by atoms with Gasteiger partial charge in [0.15, 0.2) is 5.95 Å². The molecular formula is C21H16F4N6O2Os. The predicted molar refractivity (Wildman–Crippen MR) is 110 cm³/mol. The minimum atomic E-state index is -4.46. The zero-order chi connectivity index (χ0) is 25.0. The van der Waals surface area contributed by atoms with Crippen LogP contribution in [0.1, 0.15) is 16.8 Å². The molecule has 0 radical (unpaired) electrons. The van der Waals surface area contributed by atoms with Crippen molar-refractivity contribution in [2.75, 3.05) is 0 Å². The summed E-state index contributed by atoms with van der Waals surface area (Å²) in [5, 5.41) is 13.4. The van der Waals surface area contributed by atoms with Crippen LogP contribution in [0.15, 0.2) is 48.8 Å². The standard InChI is InChI=1S/C10H7F3N3.C9H7FN3.2CHO.Os/c1-6-2-3-14-7(4-6)8-5-9(16-15-8)10(11,12)13;1-6-2-3-11-7(4-6)8-5-9(10)13-12-8;2*1-2;/h2-5H,1H3;2-5H,1H3;2*1H;/q4*-1;+4. The monoisotopic (exact) mass is 652 g/mol. The number of aromatic nitrogens is 6. The summed E-state index contributed by atoms with van der Waals surface area (Å²) in [7, 11) is 0. The number of nitrogens with zero attached hydrogens (tertiary/aromatic N) is 6. The number of hydrogen-bond acceptors (Lipinski definition) is 6. The summed E-state index contributed by atoms with van der Waals surface area (Å²) in [5.41, 5.74) is 2.62. The molecule has 0 spiro atoms. The molecule has 0 amide bonds. The normalized spacial score (nSPS) is 9.71. The molecular weight excluding hydrogens is 634 g/mol. The summed E-state index contributed by atoms with van der Waals surface area (Å²) < 4.78 is 49.3. The molecule has 13 heteroatoms. The Morgan fingerprint density at radius 3 is 1.56 bits per heavy atom. The average Bonchev–Trinajstić information content (AvgIpc) is 3.47. The van der Waals surface area contributed by atoms with Crippen molar-refractivity contribution in [2.45, 2.75) is 20.0 Å². The van der Waals surface area contributed by atoms with Crippen LogP contribution >= 0.6 is 0 Å². The maximum atomic E-state index is 12.5. The summed E-state index contributed by atoms with van der Waals surface area (Å²) in [4.78, 5) is 23.5. The van der Waals surface area contributed by atoms with Crippen molar-refractivity contribution < 1.29 is 46.9 Å². The van der Waals surface area contributed by atoms with Gasteiger partial charge in [0.25, 0.3) is 0 Å². The first-order valence-electron chi connectivity index (χ1n) is 8.79. The maximum absolute atomic E-state index is 12.5. The molecule has 4 aromatic rings. The van der Waals surface area contributed by atoms with E-state index in [4.69, 9.17) is 9.59 Å². The van der Waals surface area contributed by atoms with E-state index in [9.17, 15) is 17.6 Å². The van der Waals surface area contributed by atoms with Crippen LogP contribution in [0.3, 0.4) is 0 Å². The van der Waals surface area contributed by atoms with E-state index in [-0.39, 0.29) is 25.5 Å². The van der Waals surface area contributed by atoms with Gasteiger partial charge < -0.3 is 30.0 Å². The van der Waals surface area contributed by atoms with Gasteiger partial charge in [0.2, 0.25) is 0 Å². The van der Waals surface area contributed by atoms with Crippen molar-refractivity contribution in [2.24, 2.45) is 0 Å². The number of alkyl halides is 3. The number of halogens is 4. The van der Waals surface area contributed by atoms with E-state index in [1.807, 2.05) is 26.0 Å². The third-order valence-corrected chi connectivity index (χ3v) is 3.69. The fourth-order valence-corrected chi connectivity index (χ4v) is 2.31. The van der Waals surface area contributed by atoms with E-state index in [0.29, 0.717) is 17.1 Å². The van der Waals surface area contributed by atoms with E-state index < -0.39 is 17.8 Å². The molecule has 0 saturated heterocycles. The van der Waals surface area contributed by atoms with Crippen LogP contribution in [-0.4, -0.2) is 33.7 Å². The van der Waals surface area contributed by atoms with E-state index >= 15 is 0 Å². The van der Waals surface area contributed by atoms with Crippen molar-refractivity contribution in [3.05, 3.63) is 71.6 Å². The Labute approximate surface area is 205 Å². The number of carbonyl (C=O) groups excluding carboxylic acids is 2. The fraction of sp³-hybridized carbons (Fsp3) is 0.143. The molecule has 0 fully saturated rings. The third-order valence-electron chi connectivity index (χ3n) is 3.69. The van der Waals surface area contributed by atoms with Gasteiger partial charge in [-0.15, -0.1) is 0 Å².